The van der Waals surface area contributed by atoms with Gasteiger partial charge in [-0.05, 0) is 68.3 Å². The fourth-order valence-corrected chi connectivity index (χ4v) is 4.42. The Hall–Kier alpha value is -2.73. The van der Waals surface area contributed by atoms with Crippen LogP contribution in [0.25, 0.3) is 0 Å². The Labute approximate surface area is 206 Å². The van der Waals surface area contributed by atoms with Crippen LogP contribution in [-0.4, -0.2) is 25.4 Å². The van der Waals surface area contributed by atoms with Crippen molar-refractivity contribution in [2.45, 2.75) is 51.7 Å². The van der Waals surface area contributed by atoms with Gasteiger partial charge >= 0.3 is 0 Å². The summed E-state index contributed by atoms with van der Waals surface area (Å²) in [5.41, 5.74) is 3.50. The number of anilines is 1. The lowest BCUT2D eigenvalue weighted by atomic mass is 9.87. The number of benzene rings is 3. The Morgan fingerprint density at radius 2 is 1.76 bits per heavy atom. The molecule has 180 valence electrons. The maximum Gasteiger partial charge on any atom is 0.132 e. The molecule has 0 bridgehead atoms. The first kappa shape index (κ1) is 24.4. The molecule has 0 saturated carbocycles. The van der Waals surface area contributed by atoms with Gasteiger partial charge in [0, 0.05) is 29.4 Å². The van der Waals surface area contributed by atoms with Gasteiger partial charge in [0.05, 0.1) is 13.7 Å². The molecular formula is C28H32ClNO4. The van der Waals surface area contributed by atoms with E-state index in [0.717, 1.165) is 28.3 Å². The molecule has 6 heteroatoms. The number of rotatable bonds is 9. The smallest absolute Gasteiger partial charge is 0.132 e. The molecule has 0 fully saturated rings. The summed E-state index contributed by atoms with van der Waals surface area (Å²) in [5, 5.41) is 4.19. The van der Waals surface area contributed by atoms with E-state index in [4.69, 9.17) is 30.5 Å². The van der Waals surface area contributed by atoms with Crippen LogP contribution >= 0.6 is 11.6 Å². The highest BCUT2D eigenvalue weighted by Crippen LogP contribution is 2.44. The predicted octanol–water partition coefficient (Wildman–Crippen LogP) is 6.79. The second-order valence-corrected chi connectivity index (χ2v) is 9.27. The molecule has 0 amide bonds. The Balaban J connectivity index is 1.54. The van der Waals surface area contributed by atoms with Gasteiger partial charge < -0.3 is 24.3 Å². The molecule has 3 aromatic carbocycles. The number of halogens is 1. The van der Waals surface area contributed by atoms with E-state index in [0.29, 0.717) is 24.8 Å². The topological polar surface area (TPSA) is 49.0 Å². The molecule has 34 heavy (non-hydrogen) atoms. The van der Waals surface area contributed by atoms with E-state index in [1.807, 2.05) is 69.3 Å². The molecule has 5 nitrogen and oxygen atoms in total. The highest BCUT2D eigenvalue weighted by Gasteiger charge is 2.45. The maximum absolute atomic E-state index is 6.41. The molecule has 0 spiro atoms. The maximum atomic E-state index is 6.41. The van der Waals surface area contributed by atoms with Gasteiger partial charge in [0.25, 0.3) is 0 Å². The Kier molecular flexibility index (Phi) is 7.67. The van der Waals surface area contributed by atoms with Crippen LogP contribution in [0.5, 0.6) is 11.5 Å². The molecule has 1 N–H and O–H groups in total. The van der Waals surface area contributed by atoms with E-state index in [-0.39, 0.29) is 12.2 Å². The molecule has 2 atom stereocenters. The molecule has 1 aliphatic rings. The van der Waals surface area contributed by atoms with Gasteiger partial charge in [0.15, 0.2) is 0 Å². The summed E-state index contributed by atoms with van der Waals surface area (Å²) in [4.78, 5) is 0. The monoisotopic (exact) mass is 481 g/mol. The lowest BCUT2D eigenvalue weighted by Crippen LogP contribution is -2.51. The molecule has 3 aromatic rings. The van der Waals surface area contributed by atoms with Crippen molar-refractivity contribution in [2.75, 3.05) is 19.0 Å². The standard InChI is InChI=1S/C28H32ClNO4/c1-5-32-26-23-16-21(30-17-19-10-13-22(31-4)14-11-19)12-15-25(23)34-28(2,3)27(26)33-18-20-8-6-7-9-24(20)29/h6-16,26-27,30H,5,17-18H2,1-4H3. The molecule has 4 rings (SSSR count). The van der Waals surface area contributed by atoms with E-state index in [2.05, 4.69) is 23.5 Å². The zero-order valence-corrected chi connectivity index (χ0v) is 20.9. The second-order valence-electron chi connectivity index (χ2n) is 8.86. The van der Waals surface area contributed by atoms with Crippen molar-refractivity contribution in [3.8, 4) is 11.5 Å². The third kappa shape index (κ3) is 5.49. The third-order valence-electron chi connectivity index (χ3n) is 6.03. The van der Waals surface area contributed by atoms with Crippen LogP contribution in [0.1, 0.15) is 43.6 Å². The van der Waals surface area contributed by atoms with Gasteiger partial charge in [-0.3, -0.25) is 0 Å². The van der Waals surface area contributed by atoms with Crippen molar-refractivity contribution in [1.29, 1.82) is 0 Å². The number of hydrogen-bond acceptors (Lipinski definition) is 5. The minimum Gasteiger partial charge on any atom is -0.497 e. The summed E-state index contributed by atoms with van der Waals surface area (Å²) in [7, 11) is 1.67. The zero-order valence-electron chi connectivity index (χ0n) is 20.1. The molecule has 1 heterocycles. The van der Waals surface area contributed by atoms with Gasteiger partial charge in [-0.1, -0.05) is 41.9 Å². The van der Waals surface area contributed by atoms with Crippen LogP contribution in [0.3, 0.4) is 0 Å². The van der Waals surface area contributed by atoms with E-state index in [9.17, 15) is 0 Å². The zero-order chi connectivity index (χ0) is 24.1. The highest BCUT2D eigenvalue weighted by molar-refractivity contribution is 6.31. The highest BCUT2D eigenvalue weighted by atomic mass is 35.5. The number of methoxy groups -OCH3 is 1. The number of hydrogen-bond donors (Lipinski definition) is 1. The minimum atomic E-state index is -0.577. The van der Waals surface area contributed by atoms with Crippen LogP contribution in [0, 0.1) is 0 Å². The summed E-state index contributed by atoms with van der Waals surface area (Å²) >= 11 is 6.36. The van der Waals surface area contributed by atoms with Crippen molar-refractivity contribution in [1.82, 2.24) is 0 Å². The van der Waals surface area contributed by atoms with Crippen molar-refractivity contribution in [2.24, 2.45) is 0 Å². The van der Waals surface area contributed by atoms with Gasteiger partial charge in [0.2, 0.25) is 0 Å². The molecule has 0 saturated heterocycles. The minimum absolute atomic E-state index is 0.269. The molecule has 0 radical (unpaired) electrons. The molecule has 1 aliphatic heterocycles. The fraction of sp³-hybridized carbons (Fsp3) is 0.357. The van der Waals surface area contributed by atoms with Crippen LogP contribution in [-0.2, 0) is 22.6 Å². The van der Waals surface area contributed by atoms with E-state index in [1.54, 1.807) is 7.11 Å². The van der Waals surface area contributed by atoms with Crippen LogP contribution in [0.15, 0.2) is 66.7 Å². The number of nitrogens with one attached hydrogen (secondary N) is 1. The van der Waals surface area contributed by atoms with Gasteiger partial charge in [-0.2, -0.15) is 0 Å². The summed E-state index contributed by atoms with van der Waals surface area (Å²) < 4.78 is 24.3. The van der Waals surface area contributed by atoms with Gasteiger partial charge in [-0.25, -0.2) is 0 Å². The largest absolute Gasteiger partial charge is 0.497 e. The van der Waals surface area contributed by atoms with Crippen molar-refractivity contribution >= 4 is 17.3 Å². The summed E-state index contributed by atoms with van der Waals surface area (Å²) in [6.45, 7) is 7.71. The van der Waals surface area contributed by atoms with Gasteiger partial charge in [0.1, 0.15) is 29.3 Å². The fourth-order valence-electron chi connectivity index (χ4n) is 4.23. The van der Waals surface area contributed by atoms with Gasteiger partial charge in [-0.15, -0.1) is 0 Å². The molecule has 2 unspecified atom stereocenters. The molecule has 0 aromatic heterocycles. The Morgan fingerprint density at radius 3 is 2.47 bits per heavy atom. The average Bonchev–Trinajstić information content (AvgIpc) is 2.83. The van der Waals surface area contributed by atoms with Crippen molar-refractivity contribution in [3.63, 3.8) is 0 Å². The summed E-state index contributed by atoms with van der Waals surface area (Å²) in [6, 6.07) is 21.9. The first-order valence-electron chi connectivity index (χ1n) is 11.6. The second kappa shape index (κ2) is 10.7. The number of ether oxygens (including phenoxy) is 4. The normalized spacial score (nSPS) is 18.6. The first-order valence-corrected chi connectivity index (χ1v) is 12.0. The summed E-state index contributed by atoms with van der Waals surface area (Å²) in [5.74, 6) is 1.66. The predicted molar refractivity (Wildman–Crippen MR) is 136 cm³/mol. The van der Waals surface area contributed by atoms with Crippen LogP contribution in [0.2, 0.25) is 5.02 Å². The first-order chi connectivity index (χ1) is 16.4. The lowest BCUT2D eigenvalue weighted by molar-refractivity contribution is -0.165. The lowest BCUT2D eigenvalue weighted by Gasteiger charge is -2.44. The molecular weight excluding hydrogens is 450 g/mol. The van der Waals surface area contributed by atoms with Crippen molar-refractivity contribution in [3.05, 3.63) is 88.4 Å². The van der Waals surface area contributed by atoms with E-state index >= 15 is 0 Å². The average molecular weight is 482 g/mol. The van der Waals surface area contributed by atoms with E-state index in [1.165, 1.54) is 5.56 Å². The van der Waals surface area contributed by atoms with Crippen LogP contribution < -0.4 is 14.8 Å². The third-order valence-corrected chi connectivity index (χ3v) is 6.40. The Morgan fingerprint density at radius 1 is 1.00 bits per heavy atom. The van der Waals surface area contributed by atoms with Crippen LogP contribution in [0.4, 0.5) is 5.69 Å². The Bertz CT molecular complexity index is 1100. The number of fused-ring (bicyclic) bond motifs is 1. The molecule has 0 aliphatic carbocycles. The van der Waals surface area contributed by atoms with Crippen molar-refractivity contribution < 1.29 is 18.9 Å². The SMILES string of the molecule is CCOC1c2cc(NCc3ccc(OC)cc3)ccc2OC(C)(C)C1OCc1ccccc1Cl. The van der Waals surface area contributed by atoms with E-state index < -0.39 is 5.60 Å². The quantitative estimate of drug-likeness (QED) is 0.364. The summed E-state index contributed by atoms with van der Waals surface area (Å²) in [6.07, 6.45) is -0.581.